The van der Waals surface area contributed by atoms with E-state index in [0.29, 0.717) is 5.76 Å². The lowest BCUT2D eigenvalue weighted by Gasteiger charge is -2.19. The van der Waals surface area contributed by atoms with Crippen LogP contribution in [0.5, 0.6) is 0 Å². The van der Waals surface area contributed by atoms with Gasteiger partial charge in [-0.25, -0.2) is 0 Å². The Kier molecular flexibility index (Phi) is 2.69. The van der Waals surface area contributed by atoms with Gasteiger partial charge in [-0.1, -0.05) is 11.6 Å². The maximum Gasteiger partial charge on any atom is 0.287 e. The number of amides is 1. The van der Waals surface area contributed by atoms with Crippen LogP contribution in [-0.2, 0) is 0 Å². The van der Waals surface area contributed by atoms with Gasteiger partial charge in [0.2, 0.25) is 0 Å². The van der Waals surface area contributed by atoms with E-state index in [-0.39, 0.29) is 11.4 Å². The first-order valence-corrected chi connectivity index (χ1v) is 5.68. The monoisotopic (exact) mass is 231 g/mol. The molecule has 0 fully saturated rings. The number of rotatable bonds is 1. The highest BCUT2D eigenvalue weighted by molar-refractivity contribution is 5.96. The molecule has 1 N–H and O–H groups in total. The van der Waals surface area contributed by atoms with Crippen molar-refractivity contribution in [3.8, 4) is 0 Å². The maximum atomic E-state index is 11.9. The van der Waals surface area contributed by atoms with Crippen LogP contribution in [0.1, 0.15) is 36.9 Å². The molecule has 3 nitrogen and oxygen atoms in total. The van der Waals surface area contributed by atoms with Gasteiger partial charge in [0.15, 0.2) is 5.76 Å². The van der Waals surface area contributed by atoms with Crippen molar-refractivity contribution in [3.63, 3.8) is 0 Å². The van der Waals surface area contributed by atoms with Crippen LogP contribution in [0.2, 0.25) is 0 Å². The average molecular weight is 231 g/mol. The summed E-state index contributed by atoms with van der Waals surface area (Å²) in [5.74, 6) is 0.187. The highest BCUT2D eigenvalue weighted by atomic mass is 16.3. The van der Waals surface area contributed by atoms with Crippen molar-refractivity contribution in [2.45, 2.75) is 33.2 Å². The molecule has 1 amide bonds. The Morgan fingerprint density at radius 1 is 1.24 bits per heavy atom. The predicted molar refractivity (Wildman–Crippen MR) is 68.2 cm³/mol. The number of nitrogens with one attached hydrogen (secondary N) is 1. The summed E-state index contributed by atoms with van der Waals surface area (Å²) < 4.78 is 5.52. The van der Waals surface area contributed by atoms with Gasteiger partial charge in [-0.2, -0.15) is 0 Å². The first-order chi connectivity index (χ1) is 7.85. The maximum absolute atomic E-state index is 11.9. The van der Waals surface area contributed by atoms with Crippen molar-refractivity contribution >= 4 is 16.9 Å². The van der Waals surface area contributed by atoms with Crippen LogP contribution in [0.3, 0.4) is 0 Å². The van der Waals surface area contributed by atoms with Gasteiger partial charge in [0.05, 0.1) is 0 Å². The fourth-order valence-electron chi connectivity index (χ4n) is 1.68. The second-order valence-corrected chi connectivity index (χ2v) is 5.36. The zero-order chi connectivity index (χ0) is 12.6. The fraction of sp³-hybridized carbons (Fsp3) is 0.357. The van der Waals surface area contributed by atoms with Gasteiger partial charge in [0, 0.05) is 10.9 Å². The van der Waals surface area contributed by atoms with Crippen molar-refractivity contribution in [2.75, 3.05) is 0 Å². The number of carbonyl (C=O) groups is 1. The minimum atomic E-state index is -0.258. The van der Waals surface area contributed by atoms with E-state index in [9.17, 15) is 4.79 Å². The topological polar surface area (TPSA) is 42.2 Å². The van der Waals surface area contributed by atoms with E-state index < -0.39 is 0 Å². The Morgan fingerprint density at radius 2 is 1.94 bits per heavy atom. The van der Waals surface area contributed by atoms with Crippen molar-refractivity contribution in [2.24, 2.45) is 0 Å². The standard InChI is InChI=1S/C14H17NO2/c1-9-5-6-11-10(7-9)8-12(17-11)13(16)15-14(2,3)4/h5-8H,1-4H3,(H,15,16). The molecule has 0 bridgehead atoms. The number of furan rings is 1. The van der Waals surface area contributed by atoms with E-state index in [0.717, 1.165) is 16.5 Å². The summed E-state index contributed by atoms with van der Waals surface area (Å²) in [4.78, 5) is 11.9. The fourth-order valence-corrected chi connectivity index (χ4v) is 1.68. The molecule has 0 radical (unpaired) electrons. The van der Waals surface area contributed by atoms with Crippen molar-refractivity contribution in [1.82, 2.24) is 5.32 Å². The molecule has 0 aliphatic heterocycles. The van der Waals surface area contributed by atoms with Gasteiger partial charge in [-0.3, -0.25) is 4.79 Å². The van der Waals surface area contributed by atoms with Crippen molar-refractivity contribution in [3.05, 3.63) is 35.6 Å². The first kappa shape index (κ1) is 11.7. The van der Waals surface area contributed by atoms with Crippen LogP contribution in [0.25, 0.3) is 11.0 Å². The molecule has 0 spiro atoms. The Hall–Kier alpha value is -1.77. The third-order valence-corrected chi connectivity index (χ3v) is 2.38. The largest absolute Gasteiger partial charge is 0.451 e. The summed E-state index contributed by atoms with van der Waals surface area (Å²) >= 11 is 0. The lowest BCUT2D eigenvalue weighted by atomic mass is 10.1. The second kappa shape index (κ2) is 3.91. The van der Waals surface area contributed by atoms with Crippen molar-refractivity contribution < 1.29 is 9.21 Å². The van der Waals surface area contributed by atoms with Gasteiger partial charge in [0.1, 0.15) is 5.58 Å². The van der Waals surface area contributed by atoms with E-state index in [1.165, 1.54) is 0 Å². The third kappa shape index (κ3) is 2.67. The summed E-state index contributed by atoms with van der Waals surface area (Å²) in [7, 11) is 0. The SMILES string of the molecule is Cc1ccc2oc(C(=O)NC(C)(C)C)cc2c1. The molecule has 2 aromatic rings. The molecule has 17 heavy (non-hydrogen) atoms. The average Bonchev–Trinajstić information content (AvgIpc) is 2.57. The Labute approximate surface area is 101 Å². The van der Waals surface area contributed by atoms with Crippen LogP contribution in [0.15, 0.2) is 28.7 Å². The van der Waals surface area contributed by atoms with Crippen LogP contribution in [0.4, 0.5) is 0 Å². The third-order valence-electron chi connectivity index (χ3n) is 2.38. The molecule has 1 aromatic carbocycles. The zero-order valence-electron chi connectivity index (χ0n) is 10.6. The van der Waals surface area contributed by atoms with Gasteiger partial charge in [-0.15, -0.1) is 0 Å². The molecule has 0 saturated carbocycles. The molecule has 0 atom stereocenters. The molecule has 2 rings (SSSR count). The summed E-state index contributed by atoms with van der Waals surface area (Å²) in [6, 6.07) is 7.64. The van der Waals surface area contributed by atoms with E-state index in [1.54, 1.807) is 6.07 Å². The molecule has 0 aliphatic rings. The summed E-state index contributed by atoms with van der Waals surface area (Å²) in [5, 5.41) is 3.84. The molecule has 1 heterocycles. The predicted octanol–water partition coefficient (Wildman–Crippen LogP) is 3.27. The first-order valence-electron chi connectivity index (χ1n) is 5.68. The van der Waals surface area contributed by atoms with Gasteiger partial charge >= 0.3 is 0 Å². The lowest BCUT2D eigenvalue weighted by molar-refractivity contribution is 0.0893. The quantitative estimate of drug-likeness (QED) is 0.818. The highest BCUT2D eigenvalue weighted by Crippen LogP contribution is 2.20. The summed E-state index contributed by atoms with van der Waals surface area (Å²) in [6.45, 7) is 7.84. The Morgan fingerprint density at radius 3 is 2.59 bits per heavy atom. The Bertz CT molecular complexity index is 561. The molecule has 0 aliphatic carbocycles. The number of carbonyl (C=O) groups excluding carboxylic acids is 1. The Balaban J connectivity index is 2.33. The number of fused-ring (bicyclic) bond motifs is 1. The van der Waals surface area contributed by atoms with E-state index in [1.807, 2.05) is 45.9 Å². The zero-order valence-corrected chi connectivity index (χ0v) is 10.6. The molecular weight excluding hydrogens is 214 g/mol. The molecule has 0 saturated heterocycles. The highest BCUT2D eigenvalue weighted by Gasteiger charge is 2.18. The van der Waals surface area contributed by atoms with Crippen LogP contribution in [0, 0.1) is 6.92 Å². The molecular formula is C14H17NO2. The lowest BCUT2D eigenvalue weighted by Crippen LogP contribution is -2.40. The van der Waals surface area contributed by atoms with Crippen LogP contribution < -0.4 is 5.32 Å². The number of benzene rings is 1. The molecule has 90 valence electrons. The van der Waals surface area contributed by atoms with E-state index >= 15 is 0 Å². The van der Waals surface area contributed by atoms with E-state index in [2.05, 4.69) is 5.32 Å². The van der Waals surface area contributed by atoms with Crippen LogP contribution in [-0.4, -0.2) is 11.4 Å². The molecule has 3 heteroatoms. The molecule has 0 unspecified atom stereocenters. The summed E-state index contributed by atoms with van der Waals surface area (Å²) in [6.07, 6.45) is 0. The second-order valence-electron chi connectivity index (χ2n) is 5.36. The van der Waals surface area contributed by atoms with Gasteiger partial charge in [0.25, 0.3) is 5.91 Å². The van der Waals surface area contributed by atoms with Gasteiger partial charge < -0.3 is 9.73 Å². The van der Waals surface area contributed by atoms with Gasteiger partial charge in [-0.05, 0) is 45.9 Å². The van der Waals surface area contributed by atoms with Crippen molar-refractivity contribution in [1.29, 1.82) is 0 Å². The summed E-state index contributed by atoms with van der Waals surface area (Å²) in [5.41, 5.74) is 1.64. The minimum absolute atomic E-state index is 0.175. The normalized spacial score (nSPS) is 11.8. The number of hydrogen-bond acceptors (Lipinski definition) is 2. The smallest absolute Gasteiger partial charge is 0.287 e. The van der Waals surface area contributed by atoms with Crippen LogP contribution >= 0.6 is 0 Å². The molecule has 1 aromatic heterocycles. The number of aryl methyl sites for hydroxylation is 1. The number of hydrogen-bond donors (Lipinski definition) is 1. The minimum Gasteiger partial charge on any atom is -0.451 e. The van der Waals surface area contributed by atoms with E-state index in [4.69, 9.17) is 4.42 Å².